The molecule has 0 spiro atoms. The van der Waals surface area contributed by atoms with E-state index in [0.29, 0.717) is 19.5 Å². The van der Waals surface area contributed by atoms with Crippen LogP contribution in [0.25, 0.3) is 0 Å². The average Bonchev–Trinajstić information content (AvgIpc) is 2.87. The largest absolute Gasteiger partial charge is 0.462 e. The summed E-state index contributed by atoms with van der Waals surface area (Å²) in [6, 6.07) is 5.91. The second-order valence-corrected chi connectivity index (χ2v) is 8.98. The van der Waals surface area contributed by atoms with Crippen LogP contribution >= 0.6 is 0 Å². The third-order valence-electron chi connectivity index (χ3n) is 6.65. The molecule has 204 valence electrons. The Kier molecular flexibility index (Phi) is 25.4. The molecule has 0 aliphatic rings. The van der Waals surface area contributed by atoms with E-state index in [0.717, 1.165) is 54.1 Å². The van der Waals surface area contributed by atoms with Crippen molar-refractivity contribution in [2.45, 2.75) is 92.9 Å². The van der Waals surface area contributed by atoms with Crippen LogP contribution in [-0.4, -0.2) is 63.9 Å². The van der Waals surface area contributed by atoms with Crippen molar-refractivity contribution in [2.75, 3.05) is 51.8 Å². The first-order valence-corrected chi connectivity index (χ1v) is 13.6. The number of hydrogen-bond acceptors (Lipinski definition) is 4. The lowest BCUT2D eigenvalue weighted by Gasteiger charge is -2.35. The number of carbonyl (C=O) groups excluding carboxylic acids is 2. The van der Waals surface area contributed by atoms with Gasteiger partial charge in [0.2, 0.25) is 6.41 Å². The lowest BCUT2D eigenvalue weighted by molar-refractivity contribution is -0.923. The lowest BCUT2D eigenvalue weighted by atomic mass is 10.1. The number of nitrogens with zero attached hydrogens (tertiary/aromatic N) is 1. The zero-order valence-electron chi connectivity index (χ0n) is 23.9. The molecule has 1 rings (SSSR count). The van der Waals surface area contributed by atoms with E-state index >= 15 is 0 Å². The Morgan fingerprint density at radius 3 is 1.74 bits per heavy atom. The minimum atomic E-state index is 0.523. The van der Waals surface area contributed by atoms with Gasteiger partial charge in [-0.2, -0.15) is 0 Å². The molecule has 1 aromatic rings. The number of ether oxygens (including phenoxy) is 2. The van der Waals surface area contributed by atoms with E-state index in [1.165, 1.54) is 51.4 Å². The average molecular weight is 496 g/mol. The molecule has 0 bridgehead atoms. The molecule has 0 saturated carbocycles. The minimum Gasteiger partial charge on any atom is -0.462 e. The summed E-state index contributed by atoms with van der Waals surface area (Å²) < 4.78 is 10.7. The summed E-state index contributed by atoms with van der Waals surface area (Å²) in [5, 5.41) is 2.66. The van der Waals surface area contributed by atoms with Crippen molar-refractivity contribution >= 4 is 18.6 Å². The van der Waals surface area contributed by atoms with Crippen molar-refractivity contribution < 1.29 is 23.5 Å². The summed E-state index contributed by atoms with van der Waals surface area (Å²) in [5.41, 5.74) is 3.11. The minimum absolute atomic E-state index is 0.523. The van der Waals surface area contributed by atoms with E-state index in [9.17, 15) is 9.59 Å². The van der Waals surface area contributed by atoms with Crippen molar-refractivity contribution in [3.63, 3.8) is 0 Å². The second kappa shape index (κ2) is 25.2. The molecule has 1 N–H and O–H groups in total. The highest BCUT2D eigenvalue weighted by Crippen LogP contribution is 2.18. The summed E-state index contributed by atoms with van der Waals surface area (Å²) in [5.74, 6) is 0. The van der Waals surface area contributed by atoms with Gasteiger partial charge in [-0.15, -0.1) is 0 Å². The number of aryl methyl sites for hydroxylation is 2. The topological polar surface area (TPSA) is 64.6 Å². The molecule has 6 heteroatoms. The van der Waals surface area contributed by atoms with Crippen LogP contribution in [0.2, 0.25) is 0 Å². The van der Waals surface area contributed by atoms with E-state index in [1.54, 1.807) is 7.11 Å². The van der Waals surface area contributed by atoms with Gasteiger partial charge in [-0.3, -0.25) is 9.59 Å². The fourth-order valence-electron chi connectivity index (χ4n) is 3.92. The Balaban J connectivity index is 0. The zero-order chi connectivity index (χ0) is 26.8. The Hall–Kier alpha value is -1.92. The summed E-state index contributed by atoms with van der Waals surface area (Å²) in [7, 11) is 1.78. The first kappa shape index (κ1) is 35.2. The maximum atomic E-state index is 10.2. The number of likely N-dealkylation sites (N-methyl/N-ethyl adjacent to an activating group) is 1. The van der Waals surface area contributed by atoms with Gasteiger partial charge >= 0.3 is 0 Å². The molecule has 0 aliphatic heterocycles. The molecule has 6 nitrogen and oxygen atoms in total. The SMILES string of the molecule is CCCCCCCCCCOC.CC[N+](CC)(CC)CCOC=O.Cc1cccc(C)c1NC=O. The fourth-order valence-corrected chi connectivity index (χ4v) is 3.92. The lowest BCUT2D eigenvalue weighted by Crippen LogP contribution is -2.49. The van der Waals surface area contributed by atoms with Crippen LogP contribution in [0.5, 0.6) is 0 Å². The van der Waals surface area contributed by atoms with Gasteiger partial charge in [0.1, 0.15) is 13.2 Å². The number of amides is 1. The van der Waals surface area contributed by atoms with Crippen LogP contribution in [0.4, 0.5) is 5.69 Å². The van der Waals surface area contributed by atoms with Crippen molar-refractivity contribution in [1.29, 1.82) is 0 Å². The molecule has 1 aromatic carbocycles. The Morgan fingerprint density at radius 1 is 0.800 bits per heavy atom. The van der Waals surface area contributed by atoms with Gasteiger partial charge in [-0.1, -0.05) is 70.1 Å². The van der Waals surface area contributed by atoms with Gasteiger partial charge in [0.15, 0.2) is 0 Å². The van der Waals surface area contributed by atoms with Crippen LogP contribution in [0.15, 0.2) is 18.2 Å². The molecule has 0 aromatic heterocycles. The van der Waals surface area contributed by atoms with Crippen LogP contribution in [0.3, 0.4) is 0 Å². The first-order valence-electron chi connectivity index (χ1n) is 13.6. The number of unbranched alkanes of at least 4 members (excludes halogenated alkanes) is 7. The molecule has 1 amide bonds. The molecule has 0 saturated heterocycles. The number of quaternary nitrogens is 1. The molecular weight excluding hydrogens is 440 g/mol. The van der Waals surface area contributed by atoms with Crippen molar-refractivity contribution in [3.05, 3.63) is 29.3 Å². The summed E-state index contributed by atoms with van der Waals surface area (Å²) in [6.07, 6.45) is 11.7. The summed E-state index contributed by atoms with van der Waals surface area (Å²) >= 11 is 0. The normalized spacial score (nSPS) is 10.4. The third kappa shape index (κ3) is 19.0. The number of carbonyl (C=O) groups is 2. The summed E-state index contributed by atoms with van der Waals surface area (Å²) in [4.78, 5) is 20.1. The Labute approximate surface area is 216 Å². The highest BCUT2D eigenvalue weighted by molar-refractivity contribution is 5.75. The standard InChI is InChI=1S/C11H24O.C9H20NO2.C9H11NO/c1-3-4-5-6-7-8-9-10-11-12-2;1-4-10(5-2,6-3)7-8-12-9-11;1-7-4-3-5-8(2)9(7)10-6-11/h3-11H2,1-2H3;9H,4-8H2,1-3H3;3-6H,1-2H3,(H,10,11)/q;+1;. The number of anilines is 1. The third-order valence-corrected chi connectivity index (χ3v) is 6.65. The highest BCUT2D eigenvalue weighted by atomic mass is 16.5. The zero-order valence-corrected chi connectivity index (χ0v) is 23.9. The monoisotopic (exact) mass is 495 g/mol. The molecule has 0 unspecified atom stereocenters. The maximum Gasteiger partial charge on any atom is 0.293 e. The first-order chi connectivity index (χ1) is 16.9. The van der Waals surface area contributed by atoms with Gasteiger partial charge in [0, 0.05) is 19.4 Å². The predicted octanol–water partition coefficient (Wildman–Crippen LogP) is 6.68. The van der Waals surface area contributed by atoms with E-state index in [2.05, 4.69) is 33.0 Å². The second-order valence-electron chi connectivity index (χ2n) is 8.98. The molecule has 0 heterocycles. The smallest absolute Gasteiger partial charge is 0.293 e. The fraction of sp³-hybridized carbons (Fsp3) is 0.724. The van der Waals surface area contributed by atoms with Gasteiger partial charge in [0.05, 0.1) is 19.6 Å². The quantitative estimate of drug-likeness (QED) is 0.140. The molecule has 35 heavy (non-hydrogen) atoms. The van der Waals surface area contributed by atoms with Crippen LogP contribution in [0, 0.1) is 13.8 Å². The van der Waals surface area contributed by atoms with Gasteiger partial charge in [0.25, 0.3) is 6.47 Å². The molecular formula is C29H55N2O4+. The van der Waals surface area contributed by atoms with Gasteiger partial charge in [-0.05, 0) is 52.2 Å². The van der Waals surface area contributed by atoms with E-state index in [1.807, 2.05) is 32.0 Å². The number of nitrogens with one attached hydrogen (secondary N) is 1. The van der Waals surface area contributed by atoms with Crippen molar-refractivity contribution in [3.8, 4) is 0 Å². The maximum absolute atomic E-state index is 10.2. The van der Waals surface area contributed by atoms with Crippen LogP contribution in [0.1, 0.15) is 90.2 Å². The highest BCUT2D eigenvalue weighted by Gasteiger charge is 2.19. The molecule has 0 fully saturated rings. The van der Waals surface area contributed by atoms with Gasteiger partial charge < -0.3 is 19.3 Å². The van der Waals surface area contributed by atoms with E-state index in [-0.39, 0.29) is 0 Å². The predicted molar refractivity (Wildman–Crippen MR) is 149 cm³/mol. The number of benzene rings is 1. The number of methoxy groups -OCH3 is 1. The van der Waals surface area contributed by atoms with E-state index in [4.69, 9.17) is 9.47 Å². The summed E-state index contributed by atoms with van der Waals surface area (Å²) in [6.45, 7) is 19.0. The van der Waals surface area contributed by atoms with Crippen molar-refractivity contribution in [1.82, 2.24) is 0 Å². The molecule has 0 radical (unpaired) electrons. The number of para-hydroxylation sites is 1. The number of rotatable bonds is 18. The number of hydrogen-bond donors (Lipinski definition) is 1. The Bertz CT molecular complexity index is 580. The molecule has 0 aliphatic carbocycles. The molecule has 0 atom stereocenters. The van der Waals surface area contributed by atoms with Crippen LogP contribution in [-0.2, 0) is 19.1 Å². The Morgan fingerprint density at radius 2 is 1.31 bits per heavy atom. The van der Waals surface area contributed by atoms with Crippen LogP contribution < -0.4 is 5.32 Å². The van der Waals surface area contributed by atoms with Gasteiger partial charge in [-0.25, -0.2) is 0 Å². The van der Waals surface area contributed by atoms with Crippen molar-refractivity contribution in [2.24, 2.45) is 0 Å². The van der Waals surface area contributed by atoms with E-state index < -0.39 is 0 Å².